The molecular formula is C17H23N3O4. The van der Waals surface area contributed by atoms with Crippen molar-refractivity contribution >= 4 is 23.6 Å². The number of rotatable bonds is 7. The van der Waals surface area contributed by atoms with Gasteiger partial charge in [0.1, 0.15) is 0 Å². The van der Waals surface area contributed by atoms with Gasteiger partial charge in [0.15, 0.2) is 6.10 Å². The summed E-state index contributed by atoms with van der Waals surface area (Å²) in [6.45, 7) is 5.01. The molecule has 130 valence electrons. The van der Waals surface area contributed by atoms with Crippen LogP contribution in [-0.4, -0.2) is 48.5 Å². The van der Waals surface area contributed by atoms with E-state index in [1.165, 1.54) is 6.92 Å². The Kier molecular flexibility index (Phi) is 6.17. The molecule has 24 heavy (non-hydrogen) atoms. The number of para-hydroxylation sites is 1. The first-order valence-electron chi connectivity index (χ1n) is 8.17. The van der Waals surface area contributed by atoms with E-state index in [1.54, 1.807) is 18.2 Å². The van der Waals surface area contributed by atoms with Gasteiger partial charge in [-0.15, -0.1) is 0 Å². The van der Waals surface area contributed by atoms with Crippen LogP contribution in [0.5, 0.6) is 0 Å². The first-order valence-corrected chi connectivity index (χ1v) is 8.17. The highest BCUT2D eigenvalue weighted by atomic mass is 16.5. The Hall–Kier alpha value is -2.57. The van der Waals surface area contributed by atoms with E-state index < -0.39 is 24.0 Å². The number of unbranched alkanes of at least 4 members (excludes halogenated alkanes) is 1. The molecule has 0 bridgehead atoms. The van der Waals surface area contributed by atoms with Gasteiger partial charge in [-0.2, -0.15) is 0 Å². The summed E-state index contributed by atoms with van der Waals surface area (Å²) in [4.78, 5) is 37.1. The SMILES string of the molecule is CCCCNc1ccccc1C(=O)OC(C)C(=O)N1CCNC1=O. The Bertz CT molecular complexity index is 618. The molecule has 1 saturated heterocycles. The van der Waals surface area contributed by atoms with Crippen LogP contribution >= 0.6 is 0 Å². The number of nitrogens with zero attached hydrogens (tertiary/aromatic N) is 1. The maximum atomic E-state index is 12.4. The fourth-order valence-corrected chi connectivity index (χ4v) is 2.39. The minimum atomic E-state index is -1.02. The number of urea groups is 1. The van der Waals surface area contributed by atoms with Crippen LogP contribution in [0.1, 0.15) is 37.0 Å². The van der Waals surface area contributed by atoms with E-state index in [1.807, 2.05) is 6.07 Å². The number of carbonyl (C=O) groups is 3. The second kappa shape index (κ2) is 8.33. The smallest absolute Gasteiger partial charge is 0.341 e. The lowest BCUT2D eigenvalue weighted by molar-refractivity contribution is -0.136. The number of hydrogen-bond acceptors (Lipinski definition) is 5. The van der Waals surface area contributed by atoms with Crippen molar-refractivity contribution in [3.63, 3.8) is 0 Å². The van der Waals surface area contributed by atoms with Gasteiger partial charge >= 0.3 is 12.0 Å². The zero-order valence-electron chi connectivity index (χ0n) is 14.0. The van der Waals surface area contributed by atoms with E-state index >= 15 is 0 Å². The van der Waals surface area contributed by atoms with Crippen molar-refractivity contribution in [2.45, 2.75) is 32.8 Å². The van der Waals surface area contributed by atoms with Gasteiger partial charge in [0.05, 0.1) is 5.56 Å². The molecule has 7 heteroatoms. The number of benzene rings is 1. The van der Waals surface area contributed by atoms with Crippen molar-refractivity contribution in [1.82, 2.24) is 10.2 Å². The molecule has 2 rings (SSSR count). The Labute approximate surface area is 141 Å². The van der Waals surface area contributed by atoms with E-state index in [-0.39, 0.29) is 6.54 Å². The van der Waals surface area contributed by atoms with Crippen molar-refractivity contribution < 1.29 is 19.1 Å². The highest BCUT2D eigenvalue weighted by Gasteiger charge is 2.32. The van der Waals surface area contributed by atoms with Gasteiger partial charge in [-0.25, -0.2) is 9.59 Å². The largest absolute Gasteiger partial charge is 0.449 e. The number of anilines is 1. The third-order valence-corrected chi connectivity index (χ3v) is 3.75. The fraction of sp³-hybridized carbons (Fsp3) is 0.471. The Morgan fingerprint density at radius 3 is 2.79 bits per heavy atom. The topological polar surface area (TPSA) is 87.7 Å². The Morgan fingerprint density at radius 1 is 1.38 bits per heavy atom. The summed E-state index contributed by atoms with van der Waals surface area (Å²) in [6, 6.07) is 6.56. The molecule has 1 aromatic carbocycles. The van der Waals surface area contributed by atoms with Crippen LogP contribution in [0.25, 0.3) is 0 Å². The lowest BCUT2D eigenvalue weighted by Gasteiger charge is -2.19. The van der Waals surface area contributed by atoms with Crippen LogP contribution in [0, 0.1) is 0 Å². The predicted octanol–water partition coefficient (Wildman–Crippen LogP) is 2.00. The van der Waals surface area contributed by atoms with Crippen LogP contribution < -0.4 is 10.6 Å². The summed E-state index contributed by atoms with van der Waals surface area (Å²) >= 11 is 0. The average Bonchev–Trinajstić information content (AvgIpc) is 3.00. The molecule has 1 aromatic rings. The fourth-order valence-electron chi connectivity index (χ4n) is 2.39. The quantitative estimate of drug-likeness (QED) is 0.588. The molecule has 1 aliphatic heterocycles. The van der Waals surface area contributed by atoms with E-state index in [2.05, 4.69) is 17.6 Å². The van der Waals surface area contributed by atoms with Crippen LogP contribution in [-0.2, 0) is 9.53 Å². The molecule has 1 heterocycles. The monoisotopic (exact) mass is 333 g/mol. The number of amides is 3. The molecule has 3 amide bonds. The highest BCUT2D eigenvalue weighted by molar-refractivity contribution is 6.00. The van der Waals surface area contributed by atoms with Gasteiger partial charge in [-0.1, -0.05) is 25.5 Å². The van der Waals surface area contributed by atoms with Gasteiger partial charge in [-0.05, 0) is 25.5 Å². The number of carbonyl (C=O) groups excluding carboxylic acids is 3. The summed E-state index contributed by atoms with van der Waals surface area (Å²) in [6.07, 6.45) is 1.01. The minimum absolute atomic E-state index is 0.286. The van der Waals surface area contributed by atoms with Gasteiger partial charge < -0.3 is 15.4 Å². The van der Waals surface area contributed by atoms with Crippen molar-refractivity contribution in [3.8, 4) is 0 Å². The van der Waals surface area contributed by atoms with Crippen LogP contribution in [0.4, 0.5) is 10.5 Å². The summed E-state index contributed by atoms with van der Waals surface area (Å²) in [7, 11) is 0. The summed E-state index contributed by atoms with van der Waals surface area (Å²) in [5.74, 6) is -1.11. The number of hydrogen-bond donors (Lipinski definition) is 2. The van der Waals surface area contributed by atoms with Crippen molar-refractivity contribution in [1.29, 1.82) is 0 Å². The molecular weight excluding hydrogens is 310 g/mol. The zero-order valence-corrected chi connectivity index (χ0v) is 14.0. The molecule has 1 atom stereocenters. The molecule has 2 N–H and O–H groups in total. The molecule has 1 aliphatic rings. The summed E-state index contributed by atoms with van der Waals surface area (Å²) < 4.78 is 5.26. The third-order valence-electron chi connectivity index (χ3n) is 3.75. The average molecular weight is 333 g/mol. The molecule has 0 aromatic heterocycles. The number of ether oxygens (including phenoxy) is 1. The summed E-state index contributed by atoms with van der Waals surface area (Å²) in [5, 5.41) is 5.74. The van der Waals surface area contributed by atoms with Gasteiger partial charge in [0.2, 0.25) is 0 Å². The third kappa shape index (κ3) is 4.24. The van der Waals surface area contributed by atoms with E-state index in [0.29, 0.717) is 17.8 Å². The highest BCUT2D eigenvalue weighted by Crippen LogP contribution is 2.17. The number of imide groups is 1. The van der Waals surface area contributed by atoms with Gasteiger partial charge in [0.25, 0.3) is 5.91 Å². The van der Waals surface area contributed by atoms with Crippen molar-refractivity contribution in [2.75, 3.05) is 25.0 Å². The lowest BCUT2D eigenvalue weighted by atomic mass is 10.1. The molecule has 0 saturated carbocycles. The second-order valence-electron chi connectivity index (χ2n) is 5.60. The first-order chi connectivity index (χ1) is 11.5. The normalized spacial score (nSPS) is 14.9. The van der Waals surface area contributed by atoms with Crippen molar-refractivity contribution in [2.24, 2.45) is 0 Å². The molecule has 0 aliphatic carbocycles. The molecule has 1 unspecified atom stereocenters. The van der Waals surface area contributed by atoms with Gasteiger partial charge in [-0.3, -0.25) is 9.69 Å². The number of esters is 1. The first kappa shape index (κ1) is 17.8. The molecule has 7 nitrogen and oxygen atoms in total. The van der Waals surface area contributed by atoms with E-state index in [4.69, 9.17) is 4.74 Å². The zero-order chi connectivity index (χ0) is 17.5. The maximum absolute atomic E-state index is 12.4. The summed E-state index contributed by atoms with van der Waals surface area (Å²) in [5.41, 5.74) is 1.05. The van der Waals surface area contributed by atoms with Crippen LogP contribution in [0.2, 0.25) is 0 Å². The minimum Gasteiger partial charge on any atom is -0.449 e. The lowest BCUT2D eigenvalue weighted by Crippen LogP contribution is -2.41. The number of nitrogens with one attached hydrogen (secondary N) is 2. The Balaban J connectivity index is 2.01. The Morgan fingerprint density at radius 2 is 2.12 bits per heavy atom. The molecule has 0 radical (unpaired) electrons. The van der Waals surface area contributed by atoms with Gasteiger partial charge in [0, 0.05) is 25.3 Å². The van der Waals surface area contributed by atoms with Crippen LogP contribution in [0.15, 0.2) is 24.3 Å². The second-order valence-corrected chi connectivity index (χ2v) is 5.60. The van der Waals surface area contributed by atoms with Crippen LogP contribution in [0.3, 0.4) is 0 Å². The van der Waals surface area contributed by atoms with E-state index in [0.717, 1.165) is 24.3 Å². The maximum Gasteiger partial charge on any atom is 0.341 e. The molecule has 1 fully saturated rings. The molecule has 0 spiro atoms. The predicted molar refractivity (Wildman–Crippen MR) is 89.8 cm³/mol. The standard InChI is InChI=1S/C17H23N3O4/c1-3-4-9-18-14-8-6-5-7-13(14)16(22)24-12(2)15(21)20-11-10-19-17(20)23/h5-8,12,18H,3-4,9-11H2,1-2H3,(H,19,23). The van der Waals surface area contributed by atoms with Crippen molar-refractivity contribution in [3.05, 3.63) is 29.8 Å². The van der Waals surface area contributed by atoms with E-state index in [9.17, 15) is 14.4 Å².